The van der Waals surface area contributed by atoms with E-state index in [4.69, 9.17) is 16.3 Å². The van der Waals surface area contributed by atoms with Crippen LogP contribution >= 0.6 is 11.6 Å². The molecule has 2 atom stereocenters. The molecule has 1 aliphatic carbocycles. The molecule has 19 heavy (non-hydrogen) atoms. The fourth-order valence-electron chi connectivity index (χ4n) is 2.67. The molecule has 0 spiro atoms. The quantitative estimate of drug-likeness (QED) is 0.891. The molecule has 104 valence electrons. The number of aromatic carboxylic acids is 1. The van der Waals surface area contributed by atoms with Gasteiger partial charge in [-0.1, -0.05) is 31.4 Å². The normalized spacial score (nSPS) is 23.1. The highest BCUT2D eigenvalue weighted by molar-refractivity contribution is 6.31. The van der Waals surface area contributed by atoms with Gasteiger partial charge in [0, 0.05) is 5.02 Å². The average molecular weight is 283 g/mol. The molecule has 1 saturated carbocycles. The molecule has 1 aliphatic rings. The van der Waals surface area contributed by atoms with Crippen molar-refractivity contribution in [2.75, 3.05) is 0 Å². The molecule has 0 amide bonds. The van der Waals surface area contributed by atoms with Gasteiger partial charge in [-0.15, -0.1) is 0 Å². The third-order valence-electron chi connectivity index (χ3n) is 3.78. The summed E-state index contributed by atoms with van der Waals surface area (Å²) < 4.78 is 5.90. The van der Waals surface area contributed by atoms with Crippen molar-refractivity contribution < 1.29 is 14.6 Å². The number of carboxylic acids is 1. The maximum absolute atomic E-state index is 11.2. The lowest BCUT2D eigenvalue weighted by atomic mass is 9.85. The van der Waals surface area contributed by atoms with E-state index in [1.165, 1.54) is 12.5 Å². The van der Waals surface area contributed by atoms with Gasteiger partial charge in [-0.05, 0) is 43.4 Å². The predicted molar refractivity (Wildman–Crippen MR) is 75.1 cm³/mol. The first-order valence-electron chi connectivity index (χ1n) is 6.79. The van der Waals surface area contributed by atoms with Gasteiger partial charge >= 0.3 is 5.97 Å². The van der Waals surface area contributed by atoms with Crippen LogP contribution in [0.15, 0.2) is 18.2 Å². The number of rotatable bonds is 4. The summed E-state index contributed by atoms with van der Waals surface area (Å²) in [4.78, 5) is 11.2. The van der Waals surface area contributed by atoms with Crippen LogP contribution in [0.25, 0.3) is 0 Å². The number of carbonyl (C=O) groups is 1. The molecule has 2 unspecified atom stereocenters. The summed E-state index contributed by atoms with van der Waals surface area (Å²) in [5.41, 5.74) is 0.145. The Hall–Kier alpha value is -1.22. The summed E-state index contributed by atoms with van der Waals surface area (Å²) in [5.74, 6) is 0.123. The molecule has 0 aromatic heterocycles. The summed E-state index contributed by atoms with van der Waals surface area (Å²) >= 11 is 5.83. The molecule has 1 aromatic carbocycles. The van der Waals surface area contributed by atoms with Gasteiger partial charge in [-0.3, -0.25) is 0 Å². The van der Waals surface area contributed by atoms with Gasteiger partial charge in [-0.25, -0.2) is 4.79 Å². The van der Waals surface area contributed by atoms with E-state index in [0.717, 1.165) is 25.7 Å². The number of halogens is 1. The molecule has 0 heterocycles. The lowest BCUT2D eigenvalue weighted by Crippen LogP contribution is -2.25. The molecule has 1 aromatic rings. The van der Waals surface area contributed by atoms with Gasteiger partial charge < -0.3 is 9.84 Å². The first-order valence-corrected chi connectivity index (χ1v) is 7.17. The Kier molecular flexibility index (Phi) is 4.70. The van der Waals surface area contributed by atoms with Crippen molar-refractivity contribution in [2.24, 2.45) is 5.92 Å². The van der Waals surface area contributed by atoms with Gasteiger partial charge in [0.25, 0.3) is 0 Å². The zero-order valence-electron chi connectivity index (χ0n) is 11.1. The monoisotopic (exact) mass is 282 g/mol. The third kappa shape index (κ3) is 3.63. The van der Waals surface area contributed by atoms with Crippen LogP contribution in [0.4, 0.5) is 0 Å². The smallest absolute Gasteiger partial charge is 0.339 e. The van der Waals surface area contributed by atoms with Gasteiger partial charge in [-0.2, -0.15) is 0 Å². The molecule has 0 saturated heterocycles. The Bertz CT molecular complexity index is 459. The maximum Gasteiger partial charge on any atom is 0.339 e. The molecule has 0 aliphatic heterocycles. The van der Waals surface area contributed by atoms with Crippen LogP contribution < -0.4 is 4.74 Å². The second-order valence-corrected chi connectivity index (χ2v) is 5.56. The number of benzene rings is 1. The molecule has 3 nitrogen and oxygen atoms in total. The maximum atomic E-state index is 11.2. The number of ether oxygens (including phenoxy) is 1. The number of hydrogen-bond acceptors (Lipinski definition) is 2. The van der Waals surface area contributed by atoms with Crippen LogP contribution in [0.3, 0.4) is 0 Å². The van der Waals surface area contributed by atoms with E-state index < -0.39 is 5.97 Å². The Morgan fingerprint density at radius 2 is 2.26 bits per heavy atom. The zero-order chi connectivity index (χ0) is 13.8. The molecule has 1 fully saturated rings. The minimum absolute atomic E-state index is 0.123. The highest BCUT2D eigenvalue weighted by atomic mass is 35.5. The Balaban J connectivity index is 2.12. The first kappa shape index (κ1) is 14.2. The first-order chi connectivity index (χ1) is 9.10. The fourth-order valence-corrected chi connectivity index (χ4v) is 2.84. The van der Waals surface area contributed by atoms with Gasteiger partial charge in [0.1, 0.15) is 11.3 Å². The van der Waals surface area contributed by atoms with E-state index in [-0.39, 0.29) is 11.7 Å². The largest absolute Gasteiger partial charge is 0.490 e. The van der Waals surface area contributed by atoms with E-state index in [1.54, 1.807) is 12.1 Å². The average Bonchev–Trinajstić information content (AvgIpc) is 2.41. The lowest BCUT2D eigenvalue weighted by Gasteiger charge is -2.29. The summed E-state index contributed by atoms with van der Waals surface area (Å²) in [6, 6.07) is 4.77. The Morgan fingerprint density at radius 1 is 1.47 bits per heavy atom. The van der Waals surface area contributed by atoms with Crippen molar-refractivity contribution >= 4 is 17.6 Å². The molecule has 4 heteroatoms. The standard InChI is InChI=1S/C15H19ClO3/c1-2-10-4-3-5-12(8-10)19-14-7-6-11(16)9-13(14)15(17)18/h6-7,9-10,12H,2-5,8H2,1H3,(H,17,18). The van der Waals surface area contributed by atoms with Crippen molar-refractivity contribution in [3.63, 3.8) is 0 Å². The van der Waals surface area contributed by atoms with Crippen LogP contribution in [-0.4, -0.2) is 17.2 Å². The molecule has 1 N–H and O–H groups in total. The second kappa shape index (κ2) is 6.29. The fraction of sp³-hybridized carbons (Fsp3) is 0.533. The van der Waals surface area contributed by atoms with E-state index in [2.05, 4.69) is 6.92 Å². The van der Waals surface area contributed by atoms with Gasteiger partial charge in [0.05, 0.1) is 6.10 Å². The summed E-state index contributed by atoms with van der Waals surface area (Å²) in [5, 5.41) is 9.60. The van der Waals surface area contributed by atoms with Crippen LogP contribution in [0, 0.1) is 5.92 Å². The molecule has 0 radical (unpaired) electrons. The summed E-state index contributed by atoms with van der Waals surface area (Å²) in [6.45, 7) is 2.19. The SMILES string of the molecule is CCC1CCCC(Oc2ccc(Cl)cc2C(=O)O)C1. The number of carboxylic acid groups (broad SMARTS) is 1. The molecule has 0 bridgehead atoms. The highest BCUT2D eigenvalue weighted by Gasteiger charge is 2.23. The van der Waals surface area contributed by atoms with E-state index in [1.807, 2.05) is 0 Å². The lowest BCUT2D eigenvalue weighted by molar-refractivity contribution is 0.0682. The third-order valence-corrected chi connectivity index (χ3v) is 4.01. The van der Waals surface area contributed by atoms with Crippen LogP contribution in [0.1, 0.15) is 49.4 Å². The molecular formula is C15H19ClO3. The zero-order valence-corrected chi connectivity index (χ0v) is 11.8. The van der Waals surface area contributed by atoms with Crippen LogP contribution in [0.5, 0.6) is 5.75 Å². The highest BCUT2D eigenvalue weighted by Crippen LogP contribution is 2.31. The van der Waals surface area contributed by atoms with Gasteiger partial charge in [0.2, 0.25) is 0 Å². The van der Waals surface area contributed by atoms with Crippen molar-refractivity contribution in [1.29, 1.82) is 0 Å². The number of hydrogen-bond donors (Lipinski definition) is 1. The Morgan fingerprint density at radius 3 is 2.95 bits per heavy atom. The summed E-state index contributed by atoms with van der Waals surface area (Å²) in [6.07, 6.45) is 5.70. The second-order valence-electron chi connectivity index (χ2n) is 5.13. The van der Waals surface area contributed by atoms with Crippen molar-refractivity contribution in [1.82, 2.24) is 0 Å². The van der Waals surface area contributed by atoms with Crippen molar-refractivity contribution in [3.05, 3.63) is 28.8 Å². The van der Waals surface area contributed by atoms with Gasteiger partial charge in [0.15, 0.2) is 0 Å². The van der Waals surface area contributed by atoms with Crippen molar-refractivity contribution in [2.45, 2.75) is 45.1 Å². The van der Waals surface area contributed by atoms with E-state index in [9.17, 15) is 9.90 Å². The molecule has 2 rings (SSSR count). The van der Waals surface area contributed by atoms with E-state index >= 15 is 0 Å². The summed E-state index contributed by atoms with van der Waals surface area (Å²) in [7, 11) is 0. The van der Waals surface area contributed by atoms with Crippen molar-refractivity contribution in [3.8, 4) is 5.75 Å². The molecular weight excluding hydrogens is 264 g/mol. The minimum Gasteiger partial charge on any atom is -0.490 e. The van der Waals surface area contributed by atoms with Crippen LogP contribution in [-0.2, 0) is 0 Å². The Labute approximate surface area is 118 Å². The topological polar surface area (TPSA) is 46.5 Å². The minimum atomic E-state index is -1.000. The van der Waals surface area contributed by atoms with Crippen LogP contribution in [0.2, 0.25) is 5.02 Å². The predicted octanol–water partition coefficient (Wildman–Crippen LogP) is 4.39. The van der Waals surface area contributed by atoms with E-state index in [0.29, 0.717) is 16.7 Å².